The predicted octanol–water partition coefficient (Wildman–Crippen LogP) is 4.09. The molecule has 0 radical (unpaired) electrons. The lowest BCUT2D eigenvalue weighted by Crippen LogP contribution is -2.47. The molecule has 0 fully saturated rings. The molecule has 1 aliphatic rings. The van der Waals surface area contributed by atoms with Gasteiger partial charge in [-0.1, -0.05) is 18.2 Å². The van der Waals surface area contributed by atoms with Gasteiger partial charge in [0.05, 0.1) is 25.1 Å². The van der Waals surface area contributed by atoms with Crippen molar-refractivity contribution >= 4 is 30.5 Å². The summed E-state index contributed by atoms with van der Waals surface area (Å²) in [4.78, 5) is 25.1. The average molecular weight is 519 g/mol. The van der Waals surface area contributed by atoms with Crippen molar-refractivity contribution in [3.63, 3.8) is 0 Å². The number of hydrogen-bond donors (Lipinski definition) is 2. The molecule has 3 N–H and O–H groups in total. The maximum absolute atomic E-state index is 14.0. The maximum atomic E-state index is 14.0. The summed E-state index contributed by atoms with van der Waals surface area (Å²) in [5.41, 5.74) is 5.65. The van der Waals surface area contributed by atoms with Crippen molar-refractivity contribution in [3.8, 4) is 0 Å². The molecule has 1 aliphatic carbocycles. The van der Waals surface area contributed by atoms with Crippen LogP contribution in [0.15, 0.2) is 48.8 Å². The number of fused-ring (bicyclic) bond motifs is 1. The van der Waals surface area contributed by atoms with Gasteiger partial charge in [0.2, 0.25) is 0 Å². The molecule has 0 aliphatic heterocycles. The summed E-state index contributed by atoms with van der Waals surface area (Å²) in [6.07, 6.45) is 13.0. The van der Waals surface area contributed by atoms with Gasteiger partial charge in [-0.25, -0.2) is 20.0 Å². The van der Waals surface area contributed by atoms with Crippen molar-refractivity contribution in [2.24, 2.45) is 0 Å². The zero-order valence-electron chi connectivity index (χ0n) is 21.4. The molecule has 12 heteroatoms. The summed E-state index contributed by atoms with van der Waals surface area (Å²) in [5.74, 6) is 0.150. The van der Waals surface area contributed by atoms with Crippen molar-refractivity contribution in [1.82, 2.24) is 24.6 Å². The number of nitrogens with one attached hydrogen (secondary N) is 1. The third-order valence-electron chi connectivity index (χ3n) is 5.15. The van der Waals surface area contributed by atoms with Crippen LogP contribution in [-0.2, 0) is 29.9 Å². The van der Waals surface area contributed by atoms with Gasteiger partial charge < -0.3 is 24.3 Å². The van der Waals surface area contributed by atoms with E-state index in [9.17, 15) is 9.36 Å². The molecule has 2 atom stereocenters. The Balaban J connectivity index is 1.77. The van der Waals surface area contributed by atoms with Gasteiger partial charge in [-0.3, -0.25) is 9.36 Å². The molecule has 0 bridgehead atoms. The Hall–Kier alpha value is -3.01. The Morgan fingerprint density at radius 3 is 2.72 bits per heavy atom. The number of hydrogen-bond acceptors (Lipinski definition) is 9. The summed E-state index contributed by atoms with van der Waals surface area (Å²) in [5, 5.41) is 2.89. The van der Waals surface area contributed by atoms with Gasteiger partial charge in [0.15, 0.2) is 11.5 Å². The summed E-state index contributed by atoms with van der Waals surface area (Å²) in [6, 6.07) is 0. The third kappa shape index (κ3) is 7.49. The quantitative estimate of drug-likeness (QED) is 0.330. The minimum atomic E-state index is -3.74. The molecular weight excluding hydrogens is 483 g/mol. The van der Waals surface area contributed by atoms with E-state index in [1.165, 1.54) is 6.33 Å². The average Bonchev–Trinajstić information content (AvgIpc) is 3.17. The molecular formula is C24H35N6O5P. The summed E-state index contributed by atoms with van der Waals surface area (Å²) in [6.45, 7) is 8.91. The molecule has 36 heavy (non-hydrogen) atoms. The van der Waals surface area contributed by atoms with Crippen LogP contribution in [-0.4, -0.2) is 49.6 Å². The maximum Gasteiger partial charge on any atom is 0.342 e. The molecule has 2 unspecified atom stereocenters. The van der Waals surface area contributed by atoms with Crippen LogP contribution in [0.4, 0.5) is 5.82 Å². The largest absolute Gasteiger partial charge is 0.462 e. The first kappa shape index (κ1) is 27.6. The van der Waals surface area contributed by atoms with E-state index in [-0.39, 0.29) is 12.5 Å². The van der Waals surface area contributed by atoms with Crippen molar-refractivity contribution in [2.75, 3.05) is 12.1 Å². The molecule has 0 amide bonds. The number of anilines is 1. The van der Waals surface area contributed by atoms with E-state index >= 15 is 0 Å². The number of ether oxygens (including phenoxy) is 2. The van der Waals surface area contributed by atoms with Crippen molar-refractivity contribution in [1.29, 1.82) is 0 Å². The van der Waals surface area contributed by atoms with E-state index < -0.39 is 25.1 Å². The monoisotopic (exact) mass is 518 g/mol. The molecule has 2 aromatic rings. The number of nitrogen functional groups attached to an aromatic ring is 1. The fourth-order valence-corrected chi connectivity index (χ4v) is 5.46. The Morgan fingerprint density at radius 2 is 1.97 bits per heavy atom. The standard InChI is InChI=1S/C24H35N6O5P/c1-17(2)34-23(31)24(4,5)29-36(32,35-19-11-9-7-6-8-10-12-19)16-33-18(3)13-30-15-28-20-21(25)26-14-27-22(20)30/h7,9-12,14-15,17-18H,6,8,13,16H2,1-5H3,(H,29,32)(H2,25,26,27). The zero-order valence-corrected chi connectivity index (χ0v) is 22.3. The molecule has 0 spiro atoms. The van der Waals surface area contributed by atoms with Crippen molar-refractivity contribution in [3.05, 3.63) is 48.8 Å². The highest BCUT2D eigenvalue weighted by atomic mass is 31.2. The van der Waals surface area contributed by atoms with Crippen molar-refractivity contribution < 1.29 is 23.4 Å². The molecule has 0 aromatic carbocycles. The predicted molar refractivity (Wildman–Crippen MR) is 138 cm³/mol. The van der Waals surface area contributed by atoms with E-state index in [0.29, 0.717) is 29.3 Å². The lowest BCUT2D eigenvalue weighted by Gasteiger charge is -2.31. The first-order valence-corrected chi connectivity index (χ1v) is 13.7. The fraction of sp³-hybridized carbons (Fsp3) is 0.500. The van der Waals surface area contributed by atoms with Crippen LogP contribution in [0, 0.1) is 0 Å². The normalized spacial score (nSPS) is 16.8. The minimum Gasteiger partial charge on any atom is -0.462 e. The number of carbonyl (C=O) groups excluding carboxylic acids is 1. The van der Waals surface area contributed by atoms with Gasteiger partial charge in [0.1, 0.15) is 29.5 Å². The summed E-state index contributed by atoms with van der Waals surface area (Å²) < 4.78 is 33.1. The zero-order chi connectivity index (χ0) is 26.3. The molecule has 11 nitrogen and oxygen atoms in total. The highest BCUT2D eigenvalue weighted by molar-refractivity contribution is 7.56. The molecule has 196 valence electrons. The van der Waals surface area contributed by atoms with Gasteiger partial charge in [0.25, 0.3) is 0 Å². The lowest BCUT2D eigenvalue weighted by molar-refractivity contribution is -0.153. The smallest absolute Gasteiger partial charge is 0.342 e. The van der Waals surface area contributed by atoms with Crippen LogP contribution < -0.4 is 10.8 Å². The first-order valence-electron chi connectivity index (χ1n) is 11.8. The fourth-order valence-electron chi connectivity index (χ4n) is 3.44. The number of rotatable bonds is 11. The lowest BCUT2D eigenvalue weighted by atomic mass is 10.1. The van der Waals surface area contributed by atoms with Crippen LogP contribution in [0.5, 0.6) is 0 Å². The van der Waals surface area contributed by atoms with Crippen LogP contribution in [0.25, 0.3) is 11.2 Å². The van der Waals surface area contributed by atoms with Crippen molar-refractivity contribution in [2.45, 2.75) is 71.8 Å². The first-order chi connectivity index (χ1) is 17.0. The number of aromatic nitrogens is 4. The molecule has 0 saturated heterocycles. The third-order valence-corrected chi connectivity index (χ3v) is 7.04. The number of imidazole rings is 1. The summed E-state index contributed by atoms with van der Waals surface area (Å²) in [7, 11) is -3.74. The van der Waals surface area contributed by atoms with E-state index in [4.69, 9.17) is 19.7 Å². The van der Waals surface area contributed by atoms with Crippen LogP contribution in [0.2, 0.25) is 0 Å². The van der Waals surface area contributed by atoms with Crippen LogP contribution in [0.3, 0.4) is 0 Å². The number of esters is 1. The van der Waals surface area contributed by atoms with Gasteiger partial charge >= 0.3 is 13.5 Å². The topological polar surface area (TPSA) is 143 Å². The van der Waals surface area contributed by atoms with Gasteiger partial charge in [-0.2, -0.15) is 0 Å². The second kappa shape index (κ2) is 11.8. The van der Waals surface area contributed by atoms with E-state index in [0.717, 1.165) is 12.8 Å². The molecule has 2 heterocycles. The number of carbonyl (C=O) groups is 1. The Bertz CT molecular complexity index is 1200. The SMILES string of the molecule is CC(C)OC(=O)C(C)(C)NP(=O)(COC(C)Cn1cnc2c(N)ncnc21)OC1=CC=CCCC=C1. The highest BCUT2D eigenvalue weighted by Gasteiger charge is 2.40. The summed E-state index contributed by atoms with van der Waals surface area (Å²) >= 11 is 0. The van der Waals surface area contributed by atoms with Crippen LogP contribution in [0.1, 0.15) is 47.5 Å². The van der Waals surface area contributed by atoms with Gasteiger partial charge in [-0.15, -0.1) is 0 Å². The van der Waals surface area contributed by atoms with Crippen LogP contribution >= 0.6 is 7.52 Å². The second-order valence-corrected chi connectivity index (χ2v) is 11.4. The number of allylic oxidation sites excluding steroid dienone is 5. The number of nitrogens with zero attached hydrogens (tertiary/aromatic N) is 4. The van der Waals surface area contributed by atoms with E-state index in [2.05, 4.69) is 20.0 Å². The Morgan fingerprint density at radius 1 is 1.22 bits per heavy atom. The van der Waals surface area contributed by atoms with Gasteiger partial charge in [0, 0.05) is 0 Å². The Kier molecular flexibility index (Phi) is 9.05. The second-order valence-electron chi connectivity index (χ2n) is 9.37. The Labute approximate surface area is 211 Å². The minimum absolute atomic E-state index is 0.287. The van der Waals surface area contributed by atoms with E-state index in [1.807, 2.05) is 25.2 Å². The molecule has 3 rings (SSSR count). The van der Waals surface area contributed by atoms with Gasteiger partial charge in [-0.05, 0) is 59.6 Å². The molecule has 2 aromatic heterocycles. The highest BCUT2D eigenvalue weighted by Crippen LogP contribution is 2.47. The number of nitrogens with two attached hydrogens (primary N) is 1. The van der Waals surface area contributed by atoms with E-state index in [1.54, 1.807) is 50.7 Å². The molecule has 0 saturated carbocycles.